The number of aromatic amines is 1. The molecule has 2 aromatic heterocycles. The van der Waals surface area contributed by atoms with Crippen LogP contribution >= 0.6 is 0 Å². The van der Waals surface area contributed by atoms with E-state index in [0.29, 0.717) is 19.0 Å². The van der Waals surface area contributed by atoms with E-state index < -0.39 is 0 Å². The molecule has 0 unspecified atom stereocenters. The molecule has 0 radical (unpaired) electrons. The van der Waals surface area contributed by atoms with E-state index in [1.54, 1.807) is 36.7 Å². The molecule has 144 valence electrons. The van der Waals surface area contributed by atoms with Crippen molar-refractivity contribution in [1.29, 1.82) is 0 Å². The Morgan fingerprint density at radius 1 is 1.11 bits per heavy atom. The quantitative estimate of drug-likeness (QED) is 0.618. The Kier molecular flexibility index (Phi) is 6.46. The second kappa shape index (κ2) is 9.40. The molecule has 0 bridgehead atoms. The summed E-state index contributed by atoms with van der Waals surface area (Å²) >= 11 is 0. The molecule has 0 saturated heterocycles. The van der Waals surface area contributed by atoms with E-state index in [9.17, 15) is 9.59 Å². The maximum atomic E-state index is 12.3. The molecule has 0 fully saturated rings. The van der Waals surface area contributed by atoms with Crippen LogP contribution in [0.25, 0.3) is 11.4 Å². The van der Waals surface area contributed by atoms with Gasteiger partial charge in [-0.1, -0.05) is 0 Å². The number of carbonyl (C=O) groups is 1. The molecule has 3 rings (SSSR count). The average molecular weight is 379 g/mol. The van der Waals surface area contributed by atoms with E-state index in [-0.39, 0.29) is 30.0 Å². The lowest BCUT2D eigenvalue weighted by Crippen LogP contribution is -2.25. The molecule has 0 aliphatic heterocycles. The van der Waals surface area contributed by atoms with Gasteiger partial charge in [0.1, 0.15) is 11.4 Å². The van der Waals surface area contributed by atoms with Crippen LogP contribution in [-0.4, -0.2) is 32.7 Å². The summed E-state index contributed by atoms with van der Waals surface area (Å²) in [6, 6.07) is 10.9. The van der Waals surface area contributed by atoms with E-state index in [2.05, 4.69) is 25.5 Å². The molecule has 1 amide bonds. The topological polar surface area (TPSA) is 110 Å². The predicted octanol–water partition coefficient (Wildman–Crippen LogP) is 1.87. The molecular formula is C20H21N5O3. The van der Waals surface area contributed by atoms with Gasteiger partial charge in [-0.3, -0.25) is 14.6 Å². The Labute approximate surface area is 162 Å². The lowest BCUT2D eigenvalue weighted by atomic mass is 10.2. The van der Waals surface area contributed by atoms with Crippen LogP contribution in [0.5, 0.6) is 5.75 Å². The third kappa shape index (κ3) is 5.23. The summed E-state index contributed by atoms with van der Waals surface area (Å²) in [7, 11) is 0. The van der Waals surface area contributed by atoms with E-state index in [1.165, 1.54) is 0 Å². The van der Waals surface area contributed by atoms with Gasteiger partial charge >= 0.3 is 0 Å². The van der Waals surface area contributed by atoms with Gasteiger partial charge in [0.05, 0.1) is 6.61 Å². The molecule has 28 heavy (non-hydrogen) atoms. The molecule has 3 aromatic rings. The first-order valence-electron chi connectivity index (χ1n) is 9.00. The zero-order valence-corrected chi connectivity index (χ0v) is 15.5. The first-order chi connectivity index (χ1) is 13.7. The fraction of sp³-hybridized carbons (Fsp3) is 0.250. The van der Waals surface area contributed by atoms with Gasteiger partial charge in [0, 0.05) is 37.3 Å². The largest absolute Gasteiger partial charge is 0.494 e. The Balaban J connectivity index is 1.56. The molecular weight excluding hydrogens is 358 g/mol. The third-order valence-corrected chi connectivity index (χ3v) is 4.03. The first kappa shape index (κ1) is 19.2. The van der Waals surface area contributed by atoms with Crippen LogP contribution < -0.4 is 15.6 Å². The summed E-state index contributed by atoms with van der Waals surface area (Å²) < 4.78 is 5.39. The Morgan fingerprint density at radius 3 is 2.54 bits per heavy atom. The van der Waals surface area contributed by atoms with Crippen molar-refractivity contribution in [2.75, 3.05) is 6.61 Å². The second-order valence-electron chi connectivity index (χ2n) is 6.04. The van der Waals surface area contributed by atoms with Crippen LogP contribution in [0.3, 0.4) is 0 Å². The number of ether oxygens (including phenoxy) is 1. The first-order valence-corrected chi connectivity index (χ1v) is 9.00. The smallest absolute Gasteiger partial charge is 0.273 e. The van der Waals surface area contributed by atoms with E-state index >= 15 is 0 Å². The summed E-state index contributed by atoms with van der Waals surface area (Å²) in [4.78, 5) is 30.9. The zero-order valence-electron chi connectivity index (χ0n) is 15.5. The number of benzene rings is 1. The van der Waals surface area contributed by atoms with Crippen molar-refractivity contribution < 1.29 is 9.53 Å². The highest BCUT2D eigenvalue weighted by molar-refractivity contribution is 5.76. The summed E-state index contributed by atoms with van der Waals surface area (Å²) in [5, 5.41) is 10.9. The SMILES string of the molecule is CCOc1ccc(-c2nnc(CCC(=O)NCc3ccncc3)c(=O)[nH]2)cc1. The van der Waals surface area contributed by atoms with E-state index in [0.717, 1.165) is 16.9 Å². The van der Waals surface area contributed by atoms with Gasteiger partial charge in [0.25, 0.3) is 5.56 Å². The van der Waals surface area contributed by atoms with Gasteiger partial charge in [-0.2, -0.15) is 0 Å². The molecule has 1 aromatic carbocycles. The highest BCUT2D eigenvalue weighted by Gasteiger charge is 2.10. The number of nitrogens with zero attached hydrogens (tertiary/aromatic N) is 3. The zero-order chi connectivity index (χ0) is 19.8. The number of aromatic nitrogens is 4. The fourth-order valence-electron chi connectivity index (χ4n) is 2.55. The Hall–Kier alpha value is -3.55. The maximum absolute atomic E-state index is 12.3. The van der Waals surface area contributed by atoms with E-state index in [4.69, 9.17) is 4.74 Å². The third-order valence-electron chi connectivity index (χ3n) is 4.03. The van der Waals surface area contributed by atoms with Crippen LogP contribution in [0.1, 0.15) is 24.6 Å². The number of amides is 1. The molecule has 8 heteroatoms. The van der Waals surface area contributed by atoms with Crippen LogP contribution in [0.4, 0.5) is 0 Å². The number of nitrogens with one attached hydrogen (secondary N) is 2. The van der Waals surface area contributed by atoms with Gasteiger partial charge in [0.15, 0.2) is 5.82 Å². The Morgan fingerprint density at radius 2 is 1.86 bits per heavy atom. The van der Waals surface area contributed by atoms with Gasteiger partial charge in [-0.05, 0) is 48.9 Å². The summed E-state index contributed by atoms with van der Waals surface area (Å²) in [5.74, 6) is 0.962. The average Bonchev–Trinajstić information content (AvgIpc) is 2.73. The van der Waals surface area contributed by atoms with Gasteiger partial charge in [0.2, 0.25) is 5.91 Å². The van der Waals surface area contributed by atoms with Crippen LogP contribution in [0.2, 0.25) is 0 Å². The number of rotatable bonds is 8. The van der Waals surface area contributed by atoms with Crippen molar-refractivity contribution in [2.45, 2.75) is 26.3 Å². The highest BCUT2D eigenvalue weighted by Crippen LogP contribution is 2.18. The van der Waals surface area contributed by atoms with Crippen molar-refractivity contribution in [3.63, 3.8) is 0 Å². The molecule has 8 nitrogen and oxygen atoms in total. The van der Waals surface area contributed by atoms with Gasteiger partial charge in [-0.25, -0.2) is 0 Å². The summed E-state index contributed by atoms with van der Waals surface area (Å²) in [6.45, 7) is 2.91. The molecule has 0 aliphatic carbocycles. The fourth-order valence-corrected chi connectivity index (χ4v) is 2.55. The lowest BCUT2D eigenvalue weighted by molar-refractivity contribution is -0.121. The van der Waals surface area contributed by atoms with Crippen LogP contribution in [0, 0.1) is 0 Å². The second-order valence-corrected chi connectivity index (χ2v) is 6.04. The molecule has 0 atom stereocenters. The minimum Gasteiger partial charge on any atom is -0.494 e. The number of aryl methyl sites for hydroxylation is 1. The highest BCUT2D eigenvalue weighted by atomic mass is 16.5. The molecule has 0 saturated carbocycles. The van der Waals surface area contributed by atoms with Crippen LogP contribution in [-0.2, 0) is 17.8 Å². The minimum atomic E-state index is -0.346. The summed E-state index contributed by atoms with van der Waals surface area (Å²) in [6.07, 6.45) is 3.71. The standard InChI is InChI=1S/C20H21N5O3/c1-2-28-16-5-3-15(4-6-16)19-23-20(27)17(24-25-19)7-8-18(26)22-13-14-9-11-21-12-10-14/h3-6,9-12H,2,7-8,13H2,1H3,(H,22,26)(H,23,25,27). The van der Waals surface area contributed by atoms with Crippen molar-refractivity contribution >= 4 is 5.91 Å². The summed E-state index contributed by atoms with van der Waals surface area (Å²) in [5.41, 5.74) is 1.57. The molecule has 2 N–H and O–H groups in total. The maximum Gasteiger partial charge on any atom is 0.273 e. The van der Waals surface area contributed by atoms with Crippen molar-refractivity contribution in [3.05, 3.63) is 70.4 Å². The number of pyridine rings is 1. The number of carbonyl (C=O) groups excluding carboxylic acids is 1. The van der Waals surface area contributed by atoms with E-state index in [1.807, 2.05) is 19.1 Å². The predicted molar refractivity (Wildman–Crippen MR) is 104 cm³/mol. The molecule has 0 aliphatic rings. The van der Waals surface area contributed by atoms with Crippen molar-refractivity contribution in [2.24, 2.45) is 0 Å². The molecule has 0 spiro atoms. The molecule has 2 heterocycles. The van der Waals surface area contributed by atoms with Gasteiger partial charge < -0.3 is 15.0 Å². The number of hydrogen-bond donors (Lipinski definition) is 2. The normalized spacial score (nSPS) is 10.5. The minimum absolute atomic E-state index is 0.158. The number of hydrogen-bond acceptors (Lipinski definition) is 6. The Bertz CT molecular complexity index is 971. The number of H-pyrrole nitrogens is 1. The van der Waals surface area contributed by atoms with Crippen molar-refractivity contribution in [3.8, 4) is 17.1 Å². The van der Waals surface area contributed by atoms with Crippen LogP contribution in [0.15, 0.2) is 53.6 Å². The van der Waals surface area contributed by atoms with Gasteiger partial charge in [-0.15, -0.1) is 10.2 Å². The lowest BCUT2D eigenvalue weighted by Gasteiger charge is -2.06. The monoisotopic (exact) mass is 379 g/mol. The van der Waals surface area contributed by atoms with Crippen molar-refractivity contribution in [1.82, 2.24) is 25.5 Å².